The molecule has 0 aliphatic heterocycles. The highest BCUT2D eigenvalue weighted by atomic mass is 32.1. The summed E-state index contributed by atoms with van der Waals surface area (Å²) in [6.45, 7) is 0. The molecule has 0 radical (unpaired) electrons. The van der Waals surface area contributed by atoms with Gasteiger partial charge >= 0.3 is 0 Å². The Balaban J connectivity index is 0.000000162. The zero-order valence-electron chi connectivity index (χ0n) is 8.13. The van der Waals surface area contributed by atoms with Crippen molar-refractivity contribution in [1.29, 1.82) is 0 Å². The van der Waals surface area contributed by atoms with Crippen LogP contribution >= 0.6 is 22.7 Å². The number of fused-ring (bicyclic) bond motifs is 1. The molecule has 0 aliphatic carbocycles. The van der Waals surface area contributed by atoms with Crippen LogP contribution in [0.1, 0.15) is 0 Å². The molecule has 0 spiro atoms. The van der Waals surface area contributed by atoms with E-state index in [4.69, 9.17) is 5.73 Å². The van der Waals surface area contributed by atoms with Crippen molar-refractivity contribution in [3.05, 3.63) is 41.1 Å². The summed E-state index contributed by atoms with van der Waals surface area (Å²) in [6.07, 6.45) is 1.77. The number of nitrogens with two attached hydrogens (primary N) is 1. The Morgan fingerprint density at radius 2 is 2.19 bits per heavy atom. The summed E-state index contributed by atoms with van der Waals surface area (Å²) in [5.41, 5.74) is 7.98. The minimum atomic E-state index is -0.249. The predicted octanol–water partition coefficient (Wildman–Crippen LogP) is 3.16. The number of benzene rings is 1. The first kappa shape index (κ1) is 11.0. The van der Waals surface area contributed by atoms with Crippen molar-refractivity contribution >= 4 is 38.0 Å². The molecule has 0 unspecified atom stereocenters. The summed E-state index contributed by atoms with van der Waals surface area (Å²) in [6, 6.07) is 4.43. The van der Waals surface area contributed by atoms with Crippen molar-refractivity contribution in [3.63, 3.8) is 0 Å². The third-order valence-electron chi connectivity index (χ3n) is 1.71. The van der Waals surface area contributed by atoms with E-state index < -0.39 is 0 Å². The van der Waals surface area contributed by atoms with Gasteiger partial charge in [0.1, 0.15) is 5.82 Å². The van der Waals surface area contributed by atoms with E-state index in [1.807, 2.05) is 5.38 Å². The van der Waals surface area contributed by atoms with Gasteiger partial charge in [0.15, 0.2) is 5.13 Å². The van der Waals surface area contributed by atoms with Crippen molar-refractivity contribution in [2.24, 2.45) is 0 Å². The number of nitrogens with zero attached hydrogens (tertiary/aromatic N) is 2. The van der Waals surface area contributed by atoms with Gasteiger partial charge in [-0.15, -0.1) is 11.3 Å². The number of aromatic nitrogens is 2. The van der Waals surface area contributed by atoms with Crippen LogP contribution in [0.3, 0.4) is 0 Å². The van der Waals surface area contributed by atoms with Crippen LogP contribution in [0.25, 0.3) is 10.2 Å². The average Bonchev–Trinajstić information content (AvgIpc) is 2.87. The van der Waals surface area contributed by atoms with Crippen molar-refractivity contribution in [3.8, 4) is 0 Å². The Labute approximate surface area is 99.4 Å². The molecule has 0 saturated heterocycles. The van der Waals surface area contributed by atoms with E-state index in [-0.39, 0.29) is 5.82 Å². The lowest BCUT2D eigenvalue weighted by Gasteiger charge is -1.85. The fraction of sp³-hybridized carbons (Fsp3) is 0. The van der Waals surface area contributed by atoms with Gasteiger partial charge in [-0.05, 0) is 18.2 Å². The van der Waals surface area contributed by atoms with Crippen molar-refractivity contribution in [2.75, 3.05) is 5.73 Å². The second-order valence-electron chi connectivity index (χ2n) is 2.84. The molecular weight excluding hydrogens is 245 g/mol. The molecule has 0 atom stereocenters. The van der Waals surface area contributed by atoms with Crippen LogP contribution in [0, 0.1) is 5.82 Å². The Kier molecular flexibility index (Phi) is 3.43. The topological polar surface area (TPSA) is 51.8 Å². The molecule has 0 aliphatic rings. The molecule has 3 aromatic rings. The van der Waals surface area contributed by atoms with Gasteiger partial charge in [-0.3, -0.25) is 4.98 Å². The molecule has 2 N–H and O–H groups in total. The van der Waals surface area contributed by atoms with Crippen LogP contribution < -0.4 is 5.73 Å². The smallest absolute Gasteiger partial charge is 0.181 e. The van der Waals surface area contributed by atoms with Gasteiger partial charge in [0.05, 0.1) is 15.7 Å². The SMILES string of the molecule is Nc1nc2ccc(F)cc2s1.c1cscn1. The van der Waals surface area contributed by atoms with Crippen molar-refractivity contribution in [2.45, 2.75) is 0 Å². The van der Waals surface area contributed by atoms with Gasteiger partial charge in [-0.2, -0.15) is 0 Å². The van der Waals surface area contributed by atoms with Crippen LogP contribution in [0.2, 0.25) is 0 Å². The summed E-state index contributed by atoms with van der Waals surface area (Å²) in [4.78, 5) is 7.72. The molecule has 6 heteroatoms. The summed E-state index contributed by atoms with van der Waals surface area (Å²) >= 11 is 2.89. The number of hydrogen-bond donors (Lipinski definition) is 1. The van der Waals surface area contributed by atoms with E-state index in [0.717, 1.165) is 10.2 Å². The molecule has 2 aromatic heterocycles. The highest BCUT2D eigenvalue weighted by Crippen LogP contribution is 2.23. The van der Waals surface area contributed by atoms with Gasteiger partial charge in [-0.25, -0.2) is 9.37 Å². The fourth-order valence-electron chi connectivity index (χ4n) is 1.09. The molecular formula is C10H8FN3S2. The first-order valence-electron chi connectivity index (χ1n) is 4.39. The molecule has 0 fully saturated rings. The maximum Gasteiger partial charge on any atom is 0.181 e. The fourth-order valence-corrected chi connectivity index (χ4v) is 2.20. The molecule has 16 heavy (non-hydrogen) atoms. The first-order valence-corrected chi connectivity index (χ1v) is 6.15. The molecule has 82 valence electrons. The monoisotopic (exact) mass is 253 g/mol. The quantitative estimate of drug-likeness (QED) is 0.669. The summed E-state index contributed by atoms with van der Waals surface area (Å²) in [5, 5.41) is 2.41. The number of anilines is 1. The molecule has 1 aromatic carbocycles. The van der Waals surface area contributed by atoms with E-state index in [2.05, 4.69) is 9.97 Å². The van der Waals surface area contributed by atoms with Crippen LogP contribution in [-0.4, -0.2) is 9.97 Å². The Morgan fingerprint density at radius 1 is 1.31 bits per heavy atom. The van der Waals surface area contributed by atoms with Gasteiger partial charge in [0.25, 0.3) is 0 Å². The normalized spacial score (nSPS) is 9.81. The molecule has 0 bridgehead atoms. The van der Waals surface area contributed by atoms with Crippen LogP contribution in [-0.2, 0) is 0 Å². The summed E-state index contributed by atoms with van der Waals surface area (Å²) in [7, 11) is 0. The van der Waals surface area contributed by atoms with Gasteiger partial charge in [0.2, 0.25) is 0 Å². The van der Waals surface area contributed by atoms with Gasteiger partial charge in [-0.1, -0.05) is 11.3 Å². The third-order valence-corrected chi connectivity index (χ3v) is 3.08. The molecule has 3 nitrogen and oxygen atoms in total. The molecule has 3 rings (SSSR count). The van der Waals surface area contributed by atoms with Crippen LogP contribution in [0.4, 0.5) is 9.52 Å². The maximum absolute atomic E-state index is 12.6. The minimum Gasteiger partial charge on any atom is -0.375 e. The van der Waals surface area contributed by atoms with E-state index in [9.17, 15) is 4.39 Å². The zero-order chi connectivity index (χ0) is 11.4. The van der Waals surface area contributed by atoms with Gasteiger partial charge < -0.3 is 5.73 Å². The minimum absolute atomic E-state index is 0.249. The maximum atomic E-state index is 12.6. The number of thiazole rings is 2. The average molecular weight is 253 g/mol. The summed E-state index contributed by atoms with van der Waals surface area (Å²) in [5.74, 6) is -0.249. The first-order chi connectivity index (χ1) is 7.75. The lowest BCUT2D eigenvalue weighted by Crippen LogP contribution is -1.78. The Hall–Kier alpha value is -1.53. The highest BCUT2D eigenvalue weighted by Gasteiger charge is 2.00. The lowest BCUT2D eigenvalue weighted by atomic mass is 10.3. The van der Waals surface area contributed by atoms with Gasteiger partial charge in [0, 0.05) is 11.6 Å². The molecule has 0 saturated carbocycles. The molecule has 2 heterocycles. The third kappa shape index (κ3) is 2.74. The number of rotatable bonds is 0. The van der Waals surface area contributed by atoms with Crippen LogP contribution in [0.5, 0.6) is 0 Å². The highest BCUT2D eigenvalue weighted by molar-refractivity contribution is 7.22. The number of nitrogen functional groups attached to an aromatic ring is 1. The van der Waals surface area contributed by atoms with Crippen LogP contribution in [0.15, 0.2) is 35.3 Å². The standard InChI is InChI=1S/C7H5FN2S.C3H3NS/c8-4-1-2-5-6(3-4)11-7(9)10-5;1-2-5-3-4-1/h1-3H,(H2,9,10);1-3H. The summed E-state index contributed by atoms with van der Waals surface area (Å²) < 4.78 is 13.4. The second kappa shape index (κ2) is 5.00. The van der Waals surface area contributed by atoms with E-state index in [0.29, 0.717) is 5.13 Å². The number of halogens is 1. The Bertz CT molecular complexity index is 545. The predicted molar refractivity (Wildman–Crippen MR) is 66.1 cm³/mol. The lowest BCUT2D eigenvalue weighted by molar-refractivity contribution is 0.630. The van der Waals surface area contributed by atoms with E-state index >= 15 is 0 Å². The van der Waals surface area contributed by atoms with E-state index in [1.54, 1.807) is 29.1 Å². The van der Waals surface area contributed by atoms with E-state index in [1.165, 1.54) is 23.5 Å². The second-order valence-corrected chi connectivity index (χ2v) is 4.66. The molecule has 0 amide bonds. The largest absolute Gasteiger partial charge is 0.375 e. The van der Waals surface area contributed by atoms with Crippen molar-refractivity contribution < 1.29 is 4.39 Å². The number of hydrogen-bond acceptors (Lipinski definition) is 5. The van der Waals surface area contributed by atoms with Crippen molar-refractivity contribution in [1.82, 2.24) is 9.97 Å². The zero-order valence-corrected chi connectivity index (χ0v) is 9.76. The Morgan fingerprint density at radius 3 is 2.81 bits per heavy atom.